The Bertz CT molecular complexity index is 423. The third kappa shape index (κ3) is 1.34. The van der Waals surface area contributed by atoms with Gasteiger partial charge >= 0.3 is 0 Å². The number of hydrogen-bond acceptors (Lipinski definition) is 2. The van der Waals surface area contributed by atoms with Gasteiger partial charge in [-0.15, -0.1) is 11.3 Å². The lowest BCUT2D eigenvalue weighted by molar-refractivity contribution is 0.669. The first-order valence-corrected chi connectivity index (χ1v) is 4.87. The van der Waals surface area contributed by atoms with Gasteiger partial charge in [0, 0.05) is 5.41 Å². The van der Waals surface area contributed by atoms with E-state index in [0.29, 0.717) is 0 Å². The van der Waals surface area contributed by atoms with Crippen LogP contribution in [0.4, 0.5) is 0 Å². The van der Waals surface area contributed by atoms with E-state index >= 15 is 0 Å². The van der Waals surface area contributed by atoms with Crippen molar-refractivity contribution < 1.29 is 0 Å². The van der Waals surface area contributed by atoms with E-state index in [2.05, 4.69) is 43.1 Å². The number of hydrogen-bond donors (Lipinski definition) is 0. The fraction of sp³-hybridized carbons (Fsp3) is 0.300. The van der Waals surface area contributed by atoms with Crippen LogP contribution >= 0.6 is 11.3 Å². The molecule has 12 heavy (non-hydrogen) atoms. The molecule has 0 unspecified atom stereocenters. The summed E-state index contributed by atoms with van der Waals surface area (Å²) >= 11 is 1.69. The number of rotatable bonds is 0. The number of fused-ring (bicyclic) bond motifs is 1. The molecule has 2 heteroatoms. The van der Waals surface area contributed by atoms with Crippen molar-refractivity contribution in [3.05, 3.63) is 27.5 Å². The van der Waals surface area contributed by atoms with Crippen LogP contribution in [-0.2, 0) is 0 Å². The molecule has 0 N–H and O–H groups in total. The fourth-order valence-corrected chi connectivity index (χ4v) is 1.95. The number of nitrogens with zero attached hydrogens (tertiary/aromatic N) is 1. The van der Waals surface area contributed by atoms with Crippen molar-refractivity contribution in [2.24, 2.45) is 5.41 Å². The van der Waals surface area contributed by atoms with Gasteiger partial charge in [0.05, 0.1) is 15.4 Å². The lowest BCUT2D eigenvalue weighted by Crippen LogP contribution is -2.22. The van der Waals surface area contributed by atoms with Gasteiger partial charge in [-0.25, -0.2) is 4.98 Å². The number of allylic oxidation sites excluding steroid dienone is 2. The van der Waals surface area contributed by atoms with E-state index in [1.54, 1.807) is 11.3 Å². The normalized spacial score (nSPS) is 18.8. The van der Waals surface area contributed by atoms with Gasteiger partial charge in [-0.3, -0.25) is 0 Å². The second kappa shape index (κ2) is 2.56. The molecule has 0 aromatic carbocycles. The summed E-state index contributed by atoms with van der Waals surface area (Å²) in [6, 6.07) is 0. The summed E-state index contributed by atoms with van der Waals surface area (Å²) in [5, 5.41) is 1.12. The molecule has 1 aromatic rings. The maximum absolute atomic E-state index is 4.30. The molecule has 2 rings (SSSR count). The minimum atomic E-state index is 0.135. The third-order valence-electron chi connectivity index (χ3n) is 1.91. The zero-order valence-electron chi connectivity index (χ0n) is 7.24. The summed E-state index contributed by atoms with van der Waals surface area (Å²) in [6.07, 6.45) is 8.64. The Kier molecular flexibility index (Phi) is 1.65. The van der Waals surface area contributed by atoms with Crippen molar-refractivity contribution in [1.29, 1.82) is 0 Å². The molecule has 0 fully saturated rings. The van der Waals surface area contributed by atoms with E-state index in [1.165, 1.54) is 4.53 Å². The van der Waals surface area contributed by atoms with E-state index in [0.717, 1.165) is 5.35 Å². The fourth-order valence-electron chi connectivity index (χ4n) is 1.28. The summed E-state index contributed by atoms with van der Waals surface area (Å²) in [7, 11) is 0. The zero-order valence-corrected chi connectivity index (χ0v) is 8.06. The molecule has 62 valence electrons. The van der Waals surface area contributed by atoms with Crippen molar-refractivity contribution in [1.82, 2.24) is 4.98 Å². The van der Waals surface area contributed by atoms with Crippen molar-refractivity contribution in [2.45, 2.75) is 13.8 Å². The molecule has 0 spiro atoms. The van der Waals surface area contributed by atoms with E-state index in [1.807, 2.05) is 5.51 Å². The molecule has 0 amide bonds. The Labute approximate surface area is 75.8 Å². The molecule has 0 aliphatic heterocycles. The van der Waals surface area contributed by atoms with Gasteiger partial charge in [0.1, 0.15) is 0 Å². The Hall–Kier alpha value is -0.890. The van der Waals surface area contributed by atoms with Crippen LogP contribution in [0.5, 0.6) is 0 Å². The van der Waals surface area contributed by atoms with Gasteiger partial charge < -0.3 is 0 Å². The Morgan fingerprint density at radius 1 is 1.42 bits per heavy atom. The maximum atomic E-state index is 4.30. The van der Waals surface area contributed by atoms with E-state index in [4.69, 9.17) is 0 Å². The molecule has 1 heterocycles. The Balaban J connectivity index is 2.75. The van der Waals surface area contributed by atoms with E-state index in [9.17, 15) is 0 Å². The first kappa shape index (κ1) is 7.74. The molecule has 1 aliphatic carbocycles. The van der Waals surface area contributed by atoms with Crippen LogP contribution < -0.4 is 9.88 Å². The molecule has 1 aromatic heterocycles. The highest BCUT2D eigenvalue weighted by Gasteiger charge is 2.10. The first-order valence-electron chi connectivity index (χ1n) is 3.99. The molecule has 0 atom stereocenters. The van der Waals surface area contributed by atoms with E-state index in [-0.39, 0.29) is 5.41 Å². The van der Waals surface area contributed by atoms with Crippen LogP contribution in [0.3, 0.4) is 0 Å². The van der Waals surface area contributed by atoms with Gasteiger partial charge in [0.25, 0.3) is 0 Å². The van der Waals surface area contributed by atoms with Gasteiger partial charge in [-0.1, -0.05) is 26.0 Å². The molecule has 0 saturated heterocycles. The van der Waals surface area contributed by atoms with Crippen molar-refractivity contribution in [3.8, 4) is 0 Å². The summed E-state index contributed by atoms with van der Waals surface area (Å²) in [4.78, 5) is 4.30. The van der Waals surface area contributed by atoms with E-state index < -0.39 is 0 Å². The molecule has 0 radical (unpaired) electrons. The lowest BCUT2D eigenvalue weighted by Gasteiger charge is -2.11. The quantitative estimate of drug-likeness (QED) is 0.582. The minimum absolute atomic E-state index is 0.135. The van der Waals surface area contributed by atoms with Crippen LogP contribution in [0.2, 0.25) is 0 Å². The summed E-state index contributed by atoms with van der Waals surface area (Å²) in [5.41, 5.74) is 2.03. The second-order valence-corrected chi connectivity index (χ2v) is 4.48. The molecule has 1 nitrogen and oxygen atoms in total. The van der Waals surface area contributed by atoms with Crippen molar-refractivity contribution in [3.63, 3.8) is 0 Å². The predicted octanol–water partition coefficient (Wildman–Crippen LogP) is 1.30. The first-order chi connectivity index (χ1) is 5.67. The largest absolute Gasteiger partial charge is 0.245 e. The summed E-state index contributed by atoms with van der Waals surface area (Å²) in [6.45, 7) is 4.37. The van der Waals surface area contributed by atoms with Gasteiger partial charge in [0.2, 0.25) is 0 Å². The molecule has 0 bridgehead atoms. The van der Waals surface area contributed by atoms with Crippen LogP contribution in [-0.4, -0.2) is 4.98 Å². The monoisotopic (exact) mass is 177 g/mol. The standard InChI is InChI=1S/C10H11NS/c1-10(2)5-3-4-9-8(6-10)11-7-12-9/h3-7H,1-2H3. The maximum Gasteiger partial charge on any atom is 0.0805 e. The topological polar surface area (TPSA) is 12.9 Å². The highest BCUT2D eigenvalue weighted by atomic mass is 32.1. The average Bonchev–Trinajstić information content (AvgIpc) is 2.31. The highest BCUT2D eigenvalue weighted by molar-refractivity contribution is 7.07. The van der Waals surface area contributed by atoms with Crippen LogP contribution in [0.1, 0.15) is 13.8 Å². The van der Waals surface area contributed by atoms with Gasteiger partial charge in [0.15, 0.2) is 0 Å². The zero-order chi connectivity index (χ0) is 8.60. The highest BCUT2D eigenvalue weighted by Crippen LogP contribution is 2.19. The average molecular weight is 177 g/mol. The number of aromatic nitrogens is 1. The van der Waals surface area contributed by atoms with Crippen LogP contribution in [0.15, 0.2) is 17.7 Å². The number of thiazole rings is 1. The minimum Gasteiger partial charge on any atom is -0.245 e. The molecule has 0 saturated carbocycles. The SMILES string of the molecule is CC1(C)C=CC=c2scnc2=C1. The lowest BCUT2D eigenvalue weighted by atomic mass is 9.93. The van der Waals surface area contributed by atoms with Crippen molar-refractivity contribution in [2.75, 3.05) is 0 Å². The second-order valence-electron chi connectivity index (χ2n) is 3.59. The molecular weight excluding hydrogens is 166 g/mol. The molecular formula is C10H11NS. The Morgan fingerprint density at radius 2 is 2.25 bits per heavy atom. The van der Waals surface area contributed by atoms with Crippen LogP contribution in [0, 0.1) is 5.41 Å². The van der Waals surface area contributed by atoms with Gasteiger partial charge in [-0.2, -0.15) is 0 Å². The molecule has 1 aliphatic rings. The Morgan fingerprint density at radius 3 is 3.08 bits per heavy atom. The van der Waals surface area contributed by atoms with Crippen LogP contribution in [0.25, 0.3) is 12.2 Å². The van der Waals surface area contributed by atoms with Crippen molar-refractivity contribution >= 4 is 23.5 Å². The summed E-state index contributed by atoms with van der Waals surface area (Å²) in [5.74, 6) is 0. The van der Waals surface area contributed by atoms with Gasteiger partial charge in [-0.05, 0) is 12.2 Å². The third-order valence-corrected chi connectivity index (χ3v) is 2.72. The smallest absolute Gasteiger partial charge is 0.0805 e. The summed E-state index contributed by atoms with van der Waals surface area (Å²) < 4.78 is 1.26. The predicted molar refractivity (Wildman–Crippen MR) is 53.2 cm³/mol.